The van der Waals surface area contributed by atoms with Crippen LogP contribution in [0.25, 0.3) is 6.08 Å². The Hall–Kier alpha value is -2.93. The van der Waals surface area contributed by atoms with Crippen molar-refractivity contribution in [2.75, 3.05) is 39.3 Å². The zero-order valence-electron chi connectivity index (χ0n) is 16.0. The first kappa shape index (κ1) is 19.8. The summed E-state index contributed by atoms with van der Waals surface area (Å²) in [4.78, 5) is 28.4. The van der Waals surface area contributed by atoms with Gasteiger partial charge in [0.15, 0.2) is 11.5 Å². The van der Waals surface area contributed by atoms with Crippen LogP contribution in [0.5, 0.6) is 11.5 Å². The van der Waals surface area contributed by atoms with Crippen LogP contribution < -0.4 is 14.4 Å². The number of rotatable bonds is 7. The molecule has 0 atom stereocenters. The lowest BCUT2D eigenvalue weighted by Crippen LogP contribution is -2.32. The van der Waals surface area contributed by atoms with Crippen LogP contribution in [0, 0.1) is 0 Å². The summed E-state index contributed by atoms with van der Waals surface area (Å²) in [6.45, 7) is 0.378. The molecule has 1 saturated heterocycles. The van der Waals surface area contributed by atoms with Gasteiger partial charge in [-0.3, -0.25) is 14.5 Å². The van der Waals surface area contributed by atoms with E-state index in [4.69, 9.17) is 9.47 Å². The monoisotopic (exact) mass is 398 g/mol. The van der Waals surface area contributed by atoms with Crippen molar-refractivity contribution in [2.45, 2.75) is 0 Å². The highest BCUT2D eigenvalue weighted by molar-refractivity contribution is 8.18. The standard InChI is InChI=1S/C21H22N2O4S/c1-22(2)16-10-8-15(9-11-16)14-19-20(24)23(21(25)28-19)12-13-27-18-7-5-4-6-17(18)26-3/h4-11,14H,12-13H2,1-3H3/b19-14-. The number of hydrogen-bond acceptors (Lipinski definition) is 6. The summed E-state index contributed by atoms with van der Waals surface area (Å²) < 4.78 is 10.9. The predicted octanol–water partition coefficient (Wildman–Crippen LogP) is 3.88. The lowest BCUT2D eigenvalue weighted by molar-refractivity contribution is -0.123. The second-order valence-electron chi connectivity index (χ2n) is 6.32. The first-order valence-corrected chi connectivity index (χ1v) is 9.60. The Kier molecular flexibility index (Phi) is 6.26. The van der Waals surface area contributed by atoms with Gasteiger partial charge in [0.25, 0.3) is 11.1 Å². The molecular weight excluding hydrogens is 376 g/mol. The molecule has 1 fully saturated rings. The third-order valence-corrected chi connectivity index (χ3v) is 5.13. The third kappa shape index (κ3) is 4.48. The molecule has 0 aliphatic carbocycles. The number of imide groups is 1. The largest absolute Gasteiger partial charge is 0.493 e. The third-order valence-electron chi connectivity index (χ3n) is 4.22. The second-order valence-corrected chi connectivity index (χ2v) is 7.31. The van der Waals surface area contributed by atoms with Crippen molar-refractivity contribution in [3.63, 3.8) is 0 Å². The van der Waals surface area contributed by atoms with Crippen LogP contribution in [0.15, 0.2) is 53.4 Å². The number of amides is 2. The van der Waals surface area contributed by atoms with Crippen LogP contribution >= 0.6 is 11.8 Å². The average molecular weight is 398 g/mol. The van der Waals surface area contributed by atoms with Crippen LogP contribution in [0.2, 0.25) is 0 Å². The van der Waals surface area contributed by atoms with Crippen molar-refractivity contribution in [3.05, 3.63) is 59.0 Å². The normalized spacial score (nSPS) is 15.2. The first-order valence-electron chi connectivity index (χ1n) is 8.78. The fourth-order valence-electron chi connectivity index (χ4n) is 2.70. The minimum Gasteiger partial charge on any atom is -0.493 e. The van der Waals surface area contributed by atoms with E-state index < -0.39 is 0 Å². The molecular formula is C21H22N2O4S. The molecule has 1 aliphatic heterocycles. The van der Waals surface area contributed by atoms with E-state index >= 15 is 0 Å². The molecule has 0 saturated carbocycles. The summed E-state index contributed by atoms with van der Waals surface area (Å²) in [5.41, 5.74) is 1.94. The molecule has 146 valence electrons. The maximum Gasteiger partial charge on any atom is 0.293 e. The summed E-state index contributed by atoms with van der Waals surface area (Å²) in [6.07, 6.45) is 1.74. The molecule has 0 N–H and O–H groups in total. The summed E-state index contributed by atoms with van der Waals surface area (Å²) in [6, 6.07) is 15.0. The maximum absolute atomic E-state index is 12.6. The number of nitrogens with zero attached hydrogens (tertiary/aromatic N) is 2. The Bertz CT molecular complexity index is 894. The van der Waals surface area contributed by atoms with E-state index in [9.17, 15) is 9.59 Å². The van der Waals surface area contributed by atoms with Crippen molar-refractivity contribution in [1.82, 2.24) is 4.90 Å². The molecule has 6 nitrogen and oxygen atoms in total. The van der Waals surface area contributed by atoms with Crippen LogP contribution in [0.4, 0.5) is 10.5 Å². The van der Waals surface area contributed by atoms with Crippen molar-refractivity contribution < 1.29 is 19.1 Å². The van der Waals surface area contributed by atoms with Gasteiger partial charge in [-0.05, 0) is 47.7 Å². The number of para-hydroxylation sites is 2. The zero-order chi connectivity index (χ0) is 20.1. The molecule has 0 unspecified atom stereocenters. The Morgan fingerprint density at radius 3 is 2.36 bits per heavy atom. The van der Waals surface area contributed by atoms with Crippen molar-refractivity contribution in [2.24, 2.45) is 0 Å². The number of carbonyl (C=O) groups excluding carboxylic acids is 2. The summed E-state index contributed by atoms with van der Waals surface area (Å²) >= 11 is 0.949. The van der Waals surface area contributed by atoms with Crippen LogP contribution in [-0.2, 0) is 4.79 Å². The number of ether oxygens (including phenoxy) is 2. The average Bonchev–Trinajstić information content (AvgIpc) is 2.96. The van der Waals surface area contributed by atoms with Crippen molar-refractivity contribution in [3.8, 4) is 11.5 Å². The van der Waals surface area contributed by atoms with Gasteiger partial charge in [0.2, 0.25) is 0 Å². The number of carbonyl (C=O) groups is 2. The Morgan fingerprint density at radius 2 is 1.71 bits per heavy atom. The number of anilines is 1. The Balaban J connectivity index is 1.63. The summed E-state index contributed by atoms with van der Waals surface area (Å²) in [5.74, 6) is 0.890. The lowest BCUT2D eigenvalue weighted by atomic mass is 10.2. The number of benzene rings is 2. The maximum atomic E-state index is 12.6. The van der Waals surface area contributed by atoms with Crippen molar-refractivity contribution >= 4 is 34.7 Å². The van der Waals surface area contributed by atoms with E-state index in [-0.39, 0.29) is 24.3 Å². The number of hydrogen-bond donors (Lipinski definition) is 0. The quantitative estimate of drug-likeness (QED) is 0.660. The molecule has 1 aliphatic rings. The van der Waals surface area contributed by atoms with Gasteiger partial charge in [-0.2, -0.15) is 0 Å². The first-order chi connectivity index (χ1) is 13.5. The molecule has 2 amide bonds. The van der Waals surface area contributed by atoms with Gasteiger partial charge in [0.1, 0.15) is 6.61 Å². The van der Waals surface area contributed by atoms with Gasteiger partial charge >= 0.3 is 0 Å². The second kappa shape index (κ2) is 8.84. The Morgan fingerprint density at radius 1 is 1.04 bits per heavy atom. The topological polar surface area (TPSA) is 59.1 Å². The molecule has 0 aromatic heterocycles. The number of methoxy groups -OCH3 is 1. The van der Waals surface area contributed by atoms with Gasteiger partial charge in [-0.25, -0.2) is 0 Å². The molecule has 28 heavy (non-hydrogen) atoms. The minimum absolute atomic E-state index is 0.180. The highest BCUT2D eigenvalue weighted by atomic mass is 32.2. The van der Waals surface area contributed by atoms with E-state index in [2.05, 4.69) is 0 Å². The Labute approximate surface area is 168 Å². The number of thioether (sulfide) groups is 1. The van der Waals surface area contributed by atoms with E-state index in [1.165, 1.54) is 4.90 Å². The zero-order valence-corrected chi connectivity index (χ0v) is 16.9. The molecule has 2 aromatic carbocycles. The molecule has 1 heterocycles. The van der Waals surface area contributed by atoms with Crippen molar-refractivity contribution in [1.29, 1.82) is 0 Å². The fraction of sp³-hybridized carbons (Fsp3) is 0.238. The summed E-state index contributed by atoms with van der Waals surface area (Å²) in [7, 11) is 5.50. The predicted molar refractivity (Wildman–Crippen MR) is 112 cm³/mol. The summed E-state index contributed by atoms with van der Waals surface area (Å²) in [5, 5.41) is -0.287. The highest BCUT2D eigenvalue weighted by Crippen LogP contribution is 2.32. The van der Waals surface area contributed by atoms with E-state index in [1.807, 2.05) is 55.4 Å². The van der Waals surface area contributed by atoms with Gasteiger partial charge in [-0.15, -0.1) is 0 Å². The van der Waals surface area contributed by atoms with E-state index in [1.54, 1.807) is 25.3 Å². The molecule has 2 aromatic rings. The molecule has 7 heteroatoms. The van der Waals surface area contributed by atoms with Gasteiger partial charge in [0.05, 0.1) is 18.6 Å². The van der Waals surface area contributed by atoms with E-state index in [0.717, 1.165) is 23.0 Å². The molecule has 0 radical (unpaired) electrons. The van der Waals surface area contributed by atoms with Crippen LogP contribution in [0.3, 0.4) is 0 Å². The lowest BCUT2D eigenvalue weighted by Gasteiger charge is -2.14. The van der Waals surface area contributed by atoms with Gasteiger partial charge in [0, 0.05) is 19.8 Å². The van der Waals surface area contributed by atoms with Crippen LogP contribution in [-0.4, -0.2) is 50.4 Å². The fourth-order valence-corrected chi connectivity index (χ4v) is 3.56. The van der Waals surface area contributed by atoms with Crippen LogP contribution in [0.1, 0.15) is 5.56 Å². The molecule has 0 bridgehead atoms. The SMILES string of the molecule is COc1ccccc1OCCN1C(=O)S/C(=C\c2ccc(N(C)C)cc2)C1=O. The molecule has 0 spiro atoms. The van der Waals surface area contributed by atoms with Gasteiger partial charge < -0.3 is 14.4 Å². The van der Waals surface area contributed by atoms with E-state index in [0.29, 0.717) is 16.4 Å². The molecule has 3 rings (SSSR count). The minimum atomic E-state index is -0.296. The highest BCUT2D eigenvalue weighted by Gasteiger charge is 2.34. The smallest absolute Gasteiger partial charge is 0.293 e. The van der Waals surface area contributed by atoms with Gasteiger partial charge in [-0.1, -0.05) is 24.3 Å².